The van der Waals surface area contributed by atoms with Gasteiger partial charge in [-0.1, -0.05) is 0 Å². The number of aliphatic hydroxyl groups is 1. The fraction of sp³-hybridized carbons (Fsp3) is 0.435. The molecular weight excluding hydrogens is 464 g/mol. The second kappa shape index (κ2) is 9.85. The van der Waals surface area contributed by atoms with E-state index in [2.05, 4.69) is 35.9 Å². The van der Waals surface area contributed by atoms with Crippen LogP contribution >= 0.6 is 0 Å². The van der Waals surface area contributed by atoms with Crippen molar-refractivity contribution in [2.45, 2.75) is 51.3 Å². The van der Waals surface area contributed by atoms with Gasteiger partial charge in [-0.15, -0.1) is 10.2 Å². The molecule has 3 aromatic rings. The zero-order valence-corrected chi connectivity index (χ0v) is 20.6. The van der Waals surface area contributed by atoms with Crippen LogP contribution in [0.25, 0.3) is 0 Å². The molecule has 2 amide bonds. The van der Waals surface area contributed by atoms with Gasteiger partial charge in [-0.2, -0.15) is 10.1 Å². The van der Waals surface area contributed by atoms with E-state index in [1.54, 1.807) is 50.1 Å². The summed E-state index contributed by atoms with van der Waals surface area (Å²) in [6.45, 7) is 5.90. The zero-order chi connectivity index (χ0) is 26.0. The first kappa shape index (κ1) is 25.0. The van der Waals surface area contributed by atoms with Gasteiger partial charge in [-0.25, -0.2) is 0 Å². The molecule has 0 saturated carbocycles. The number of aryl methyl sites for hydroxylation is 1. The largest absolute Gasteiger partial charge is 0.384 e. The van der Waals surface area contributed by atoms with Crippen LogP contribution in [0.3, 0.4) is 0 Å². The Kier molecular flexibility index (Phi) is 6.84. The topological polar surface area (TPSA) is 177 Å². The summed E-state index contributed by atoms with van der Waals surface area (Å²) in [7, 11) is 1.77. The highest BCUT2D eigenvalue weighted by atomic mass is 16.3. The summed E-state index contributed by atoms with van der Waals surface area (Å²) < 4.78 is 1.61. The summed E-state index contributed by atoms with van der Waals surface area (Å²) in [6, 6.07) is 2.95. The van der Waals surface area contributed by atoms with Gasteiger partial charge in [0, 0.05) is 38.1 Å². The predicted molar refractivity (Wildman–Crippen MR) is 132 cm³/mol. The second-order valence-corrected chi connectivity index (χ2v) is 9.35. The number of primary amides is 1. The van der Waals surface area contributed by atoms with E-state index in [0.29, 0.717) is 29.4 Å². The minimum atomic E-state index is -1.09. The van der Waals surface area contributed by atoms with Crippen molar-refractivity contribution < 1.29 is 14.7 Å². The lowest BCUT2D eigenvalue weighted by atomic mass is 9.97. The first-order chi connectivity index (χ1) is 17.0. The predicted octanol–water partition coefficient (Wildman–Crippen LogP) is 0.857. The summed E-state index contributed by atoms with van der Waals surface area (Å²) in [5.74, 6) is -0.523. The first-order valence-electron chi connectivity index (χ1n) is 11.6. The number of carbonyl (C=O) groups is 2. The number of anilines is 3. The third kappa shape index (κ3) is 5.40. The van der Waals surface area contributed by atoms with E-state index in [1.165, 1.54) is 6.20 Å². The zero-order valence-electron chi connectivity index (χ0n) is 20.6. The van der Waals surface area contributed by atoms with Crippen LogP contribution in [-0.4, -0.2) is 65.5 Å². The lowest BCUT2D eigenvalue weighted by Crippen LogP contribution is -2.54. The summed E-state index contributed by atoms with van der Waals surface area (Å²) in [6.07, 6.45) is 6.33. The van der Waals surface area contributed by atoms with Crippen molar-refractivity contribution in [2.24, 2.45) is 12.8 Å². The number of piperidine rings is 1. The standard InChI is InChI=1S/C23H30N10O3/c1-13-16(28-21(35)14-7-8-17(25-10-14)23(2,3)36)6-5-9-33(13)22-29-20(18(19(24)34)30-31-22)27-15-11-26-32(4)12-15/h7-8,10-13,16,36H,5-6,9H2,1-4H3,(H2,24,34)(H,28,35)(H,27,29,31)/t13-,16-/m1/s1. The van der Waals surface area contributed by atoms with Gasteiger partial charge >= 0.3 is 0 Å². The van der Waals surface area contributed by atoms with Crippen LogP contribution < -0.4 is 21.3 Å². The fourth-order valence-corrected chi connectivity index (χ4v) is 4.07. The number of hydrogen-bond acceptors (Lipinski definition) is 10. The maximum Gasteiger partial charge on any atom is 0.273 e. The lowest BCUT2D eigenvalue weighted by molar-refractivity contribution is 0.0736. The summed E-state index contributed by atoms with van der Waals surface area (Å²) in [5, 5.41) is 28.4. The Morgan fingerprint density at radius 2 is 2.00 bits per heavy atom. The van der Waals surface area contributed by atoms with Gasteiger partial charge in [0.15, 0.2) is 11.5 Å². The van der Waals surface area contributed by atoms with Crippen molar-refractivity contribution in [1.82, 2.24) is 35.3 Å². The van der Waals surface area contributed by atoms with Crippen molar-refractivity contribution in [3.8, 4) is 0 Å². The molecule has 2 atom stereocenters. The molecule has 13 heteroatoms. The number of amides is 2. The minimum absolute atomic E-state index is 0.0841. The van der Waals surface area contributed by atoms with E-state index in [0.717, 1.165) is 12.8 Å². The number of nitrogens with one attached hydrogen (secondary N) is 2. The van der Waals surface area contributed by atoms with Gasteiger partial charge in [0.2, 0.25) is 5.95 Å². The Hall–Kier alpha value is -4.13. The first-order valence-corrected chi connectivity index (χ1v) is 11.6. The molecule has 0 radical (unpaired) electrons. The molecule has 0 spiro atoms. The summed E-state index contributed by atoms with van der Waals surface area (Å²) in [4.78, 5) is 35.5. The highest BCUT2D eigenvalue weighted by Gasteiger charge is 2.32. The van der Waals surface area contributed by atoms with E-state index < -0.39 is 11.5 Å². The molecule has 1 aliphatic rings. The van der Waals surface area contributed by atoms with E-state index in [1.807, 2.05) is 11.8 Å². The molecule has 4 heterocycles. The van der Waals surface area contributed by atoms with Crippen LogP contribution in [0.1, 0.15) is 60.2 Å². The molecule has 36 heavy (non-hydrogen) atoms. The second-order valence-electron chi connectivity index (χ2n) is 9.35. The fourth-order valence-electron chi connectivity index (χ4n) is 4.07. The molecule has 4 rings (SSSR count). The number of carbonyl (C=O) groups excluding carboxylic acids is 2. The molecule has 1 fully saturated rings. The highest BCUT2D eigenvalue weighted by Crippen LogP contribution is 2.25. The van der Waals surface area contributed by atoms with Gasteiger partial charge in [0.05, 0.1) is 23.1 Å². The summed E-state index contributed by atoms with van der Waals surface area (Å²) in [5.41, 5.74) is 5.80. The van der Waals surface area contributed by atoms with Crippen LogP contribution in [0.4, 0.5) is 17.5 Å². The summed E-state index contributed by atoms with van der Waals surface area (Å²) >= 11 is 0. The maximum atomic E-state index is 12.9. The van der Waals surface area contributed by atoms with E-state index in [9.17, 15) is 14.7 Å². The normalized spacial score (nSPS) is 18.1. The van der Waals surface area contributed by atoms with Gasteiger partial charge < -0.3 is 26.4 Å². The Morgan fingerprint density at radius 1 is 1.22 bits per heavy atom. The van der Waals surface area contributed by atoms with Crippen LogP contribution in [-0.2, 0) is 12.6 Å². The van der Waals surface area contributed by atoms with Crippen LogP contribution in [0.5, 0.6) is 0 Å². The number of nitrogens with zero attached hydrogens (tertiary/aromatic N) is 7. The quantitative estimate of drug-likeness (QED) is 0.368. The van der Waals surface area contributed by atoms with Crippen LogP contribution in [0.2, 0.25) is 0 Å². The highest BCUT2D eigenvalue weighted by molar-refractivity contribution is 5.96. The molecule has 1 aliphatic heterocycles. The van der Waals surface area contributed by atoms with E-state index in [-0.39, 0.29) is 29.5 Å². The Balaban J connectivity index is 1.51. The SMILES string of the molecule is C[C@@H]1[C@H](NC(=O)c2ccc(C(C)(C)O)nc2)CCCN1c1nnc(C(N)=O)c(Nc2cnn(C)c2)n1. The molecule has 5 N–H and O–H groups in total. The van der Waals surface area contributed by atoms with Gasteiger partial charge in [-0.3, -0.25) is 19.3 Å². The Bertz CT molecular complexity index is 1250. The molecule has 190 valence electrons. The van der Waals surface area contributed by atoms with Crippen molar-refractivity contribution in [3.05, 3.63) is 47.7 Å². The van der Waals surface area contributed by atoms with Gasteiger partial charge in [-0.05, 0) is 45.7 Å². The molecule has 0 bridgehead atoms. The Labute approximate surface area is 208 Å². The molecule has 0 aromatic carbocycles. The molecule has 0 unspecified atom stereocenters. The van der Waals surface area contributed by atoms with Crippen molar-refractivity contribution >= 4 is 29.3 Å². The smallest absolute Gasteiger partial charge is 0.273 e. The molecule has 0 aliphatic carbocycles. The third-order valence-electron chi connectivity index (χ3n) is 6.09. The van der Waals surface area contributed by atoms with E-state index >= 15 is 0 Å². The minimum Gasteiger partial charge on any atom is -0.384 e. The van der Waals surface area contributed by atoms with Gasteiger partial charge in [0.1, 0.15) is 5.60 Å². The van der Waals surface area contributed by atoms with Gasteiger partial charge in [0.25, 0.3) is 11.8 Å². The molecule has 3 aromatic heterocycles. The number of aromatic nitrogens is 6. The number of pyridine rings is 1. The molecular formula is C23H30N10O3. The number of hydrogen-bond donors (Lipinski definition) is 4. The molecule has 13 nitrogen and oxygen atoms in total. The van der Waals surface area contributed by atoms with Crippen molar-refractivity contribution in [2.75, 3.05) is 16.8 Å². The lowest BCUT2D eigenvalue weighted by Gasteiger charge is -2.39. The average Bonchev–Trinajstić information content (AvgIpc) is 3.24. The van der Waals surface area contributed by atoms with Crippen LogP contribution in [0.15, 0.2) is 30.7 Å². The average molecular weight is 495 g/mol. The van der Waals surface area contributed by atoms with E-state index in [4.69, 9.17) is 5.73 Å². The van der Waals surface area contributed by atoms with Crippen molar-refractivity contribution in [3.63, 3.8) is 0 Å². The third-order valence-corrected chi connectivity index (χ3v) is 6.09. The molecule has 1 saturated heterocycles. The maximum absolute atomic E-state index is 12.9. The number of nitrogens with two attached hydrogens (primary N) is 1. The van der Waals surface area contributed by atoms with Crippen LogP contribution in [0, 0.1) is 0 Å². The van der Waals surface area contributed by atoms with Crippen molar-refractivity contribution in [1.29, 1.82) is 0 Å². The Morgan fingerprint density at radius 3 is 2.61 bits per heavy atom. The monoisotopic (exact) mass is 494 g/mol. The number of rotatable bonds is 7.